The van der Waals surface area contributed by atoms with Gasteiger partial charge in [0.1, 0.15) is 11.5 Å². The van der Waals surface area contributed by atoms with Crippen molar-refractivity contribution in [3.63, 3.8) is 0 Å². The Labute approximate surface area is 65.7 Å². The van der Waals surface area contributed by atoms with E-state index in [2.05, 4.69) is 0 Å². The summed E-state index contributed by atoms with van der Waals surface area (Å²) in [4.78, 5) is 11.0. The molecule has 1 saturated heterocycles. The summed E-state index contributed by atoms with van der Waals surface area (Å²) in [6, 6.07) is 0. The van der Waals surface area contributed by atoms with Crippen LogP contribution in [0.3, 0.4) is 0 Å². The molecular weight excluding hydrogens is 164 g/mol. The molecule has 1 aliphatic carbocycles. The Morgan fingerprint density at radius 1 is 1.27 bits per heavy atom. The molecule has 1 heterocycles. The van der Waals surface area contributed by atoms with Crippen molar-refractivity contribution in [1.82, 2.24) is 0 Å². The van der Waals surface area contributed by atoms with Crippen molar-refractivity contribution < 1.29 is 13.2 Å². The Morgan fingerprint density at radius 3 is 2.36 bits per heavy atom. The SMILES string of the molecule is O=C1CC2(CC2)CS(=O)(=O)C1. The van der Waals surface area contributed by atoms with Gasteiger partial charge in [-0.1, -0.05) is 0 Å². The van der Waals surface area contributed by atoms with E-state index in [-0.39, 0.29) is 22.7 Å². The number of carbonyl (C=O) groups is 1. The first-order chi connectivity index (χ1) is 5.02. The lowest BCUT2D eigenvalue weighted by molar-refractivity contribution is -0.118. The minimum absolute atomic E-state index is 0.0891. The lowest BCUT2D eigenvalue weighted by atomic mass is 10.0. The van der Waals surface area contributed by atoms with E-state index in [1.54, 1.807) is 0 Å². The van der Waals surface area contributed by atoms with Crippen LogP contribution in [0, 0.1) is 5.41 Å². The summed E-state index contributed by atoms with van der Waals surface area (Å²) in [5.41, 5.74) is -0.103. The quantitative estimate of drug-likeness (QED) is 0.525. The van der Waals surface area contributed by atoms with E-state index in [1.807, 2.05) is 0 Å². The van der Waals surface area contributed by atoms with Crippen LogP contribution in [0.4, 0.5) is 0 Å². The molecule has 4 heteroatoms. The van der Waals surface area contributed by atoms with Gasteiger partial charge >= 0.3 is 0 Å². The minimum Gasteiger partial charge on any atom is -0.299 e. The van der Waals surface area contributed by atoms with Crippen molar-refractivity contribution in [2.45, 2.75) is 19.3 Å². The molecule has 11 heavy (non-hydrogen) atoms. The standard InChI is InChI=1S/C7H10O3S/c8-6-3-7(1-2-7)5-11(9,10)4-6/h1-5H2. The lowest BCUT2D eigenvalue weighted by Crippen LogP contribution is -2.33. The molecule has 1 spiro atoms. The van der Waals surface area contributed by atoms with Crippen LogP contribution in [0.15, 0.2) is 0 Å². The summed E-state index contributed by atoms with van der Waals surface area (Å²) in [5, 5.41) is 0. The zero-order chi connectivity index (χ0) is 8.11. The van der Waals surface area contributed by atoms with Crippen molar-refractivity contribution in [2.75, 3.05) is 11.5 Å². The fourth-order valence-electron chi connectivity index (χ4n) is 1.78. The Bertz CT molecular complexity index is 298. The Morgan fingerprint density at radius 2 is 1.91 bits per heavy atom. The maximum absolute atomic E-state index is 11.1. The van der Waals surface area contributed by atoms with Gasteiger partial charge in [0.15, 0.2) is 9.84 Å². The maximum Gasteiger partial charge on any atom is 0.157 e. The predicted molar refractivity (Wildman–Crippen MR) is 39.9 cm³/mol. The molecule has 0 aromatic carbocycles. The number of Topliss-reactive ketones (excluding diaryl/α,β-unsaturated/α-hetero) is 1. The number of hydrogen-bond donors (Lipinski definition) is 0. The van der Waals surface area contributed by atoms with E-state index in [1.165, 1.54) is 0 Å². The van der Waals surface area contributed by atoms with Crippen LogP contribution in [0.25, 0.3) is 0 Å². The first-order valence-corrected chi connectivity index (χ1v) is 5.56. The first kappa shape index (κ1) is 7.28. The minimum atomic E-state index is -3.03. The van der Waals surface area contributed by atoms with Crippen molar-refractivity contribution in [3.05, 3.63) is 0 Å². The van der Waals surface area contributed by atoms with Gasteiger partial charge < -0.3 is 0 Å². The number of hydrogen-bond acceptors (Lipinski definition) is 3. The third kappa shape index (κ3) is 1.31. The van der Waals surface area contributed by atoms with E-state index < -0.39 is 9.84 Å². The molecular formula is C7H10O3S. The molecule has 2 fully saturated rings. The normalized spacial score (nSPS) is 32.2. The van der Waals surface area contributed by atoms with Crippen LogP contribution in [0.1, 0.15) is 19.3 Å². The van der Waals surface area contributed by atoms with Gasteiger partial charge in [0.05, 0.1) is 5.75 Å². The van der Waals surface area contributed by atoms with Gasteiger partial charge in [-0.05, 0) is 18.3 Å². The highest BCUT2D eigenvalue weighted by molar-refractivity contribution is 7.92. The second-order valence-electron chi connectivity index (χ2n) is 3.75. The molecule has 0 atom stereocenters. The van der Waals surface area contributed by atoms with Crippen LogP contribution in [-0.4, -0.2) is 25.7 Å². The molecule has 3 nitrogen and oxygen atoms in total. The van der Waals surface area contributed by atoms with Gasteiger partial charge in [-0.3, -0.25) is 4.79 Å². The third-order valence-corrected chi connectivity index (χ3v) is 4.25. The number of ketones is 1. The van der Waals surface area contributed by atoms with Crippen molar-refractivity contribution in [1.29, 1.82) is 0 Å². The molecule has 0 amide bonds. The van der Waals surface area contributed by atoms with Crippen LogP contribution < -0.4 is 0 Å². The Balaban J connectivity index is 2.28. The van der Waals surface area contributed by atoms with Gasteiger partial charge in [0, 0.05) is 6.42 Å². The third-order valence-electron chi connectivity index (χ3n) is 2.44. The summed E-state index contributed by atoms with van der Waals surface area (Å²) in [5.74, 6) is -0.0470. The summed E-state index contributed by atoms with van der Waals surface area (Å²) >= 11 is 0. The fraction of sp³-hybridized carbons (Fsp3) is 0.857. The number of rotatable bonds is 0. The average molecular weight is 174 g/mol. The largest absolute Gasteiger partial charge is 0.299 e. The van der Waals surface area contributed by atoms with Gasteiger partial charge in [0.25, 0.3) is 0 Å². The topological polar surface area (TPSA) is 51.2 Å². The van der Waals surface area contributed by atoms with Gasteiger partial charge in [0.2, 0.25) is 0 Å². The molecule has 62 valence electrons. The highest BCUT2D eigenvalue weighted by Gasteiger charge is 2.50. The van der Waals surface area contributed by atoms with Crippen molar-refractivity contribution >= 4 is 15.6 Å². The van der Waals surface area contributed by atoms with E-state index >= 15 is 0 Å². The summed E-state index contributed by atoms with van der Waals surface area (Å²) in [6.07, 6.45) is 2.36. The monoisotopic (exact) mass is 174 g/mol. The molecule has 0 bridgehead atoms. The molecule has 0 N–H and O–H groups in total. The van der Waals surface area contributed by atoms with E-state index in [4.69, 9.17) is 0 Å². The zero-order valence-electron chi connectivity index (χ0n) is 6.17. The number of carbonyl (C=O) groups excluding carboxylic acids is 1. The summed E-state index contributed by atoms with van der Waals surface area (Å²) < 4.78 is 22.2. The molecule has 2 rings (SSSR count). The van der Waals surface area contributed by atoms with Crippen LogP contribution >= 0.6 is 0 Å². The van der Waals surface area contributed by atoms with Gasteiger partial charge in [-0.2, -0.15) is 0 Å². The number of sulfone groups is 1. The molecule has 1 aliphatic heterocycles. The zero-order valence-corrected chi connectivity index (χ0v) is 6.99. The predicted octanol–water partition coefficient (Wildman–Crippen LogP) is 0.154. The highest BCUT2D eigenvalue weighted by Crippen LogP contribution is 2.51. The smallest absolute Gasteiger partial charge is 0.157 e. The Kier molecular flexibility index (Phi) is 1.23. The van der Waals surface area contributed by atoms with E-state index in [9.17, 15) is 13.2 Å². The molecule has 0 unspecified atom stereocenters. The van der Waals surface area contributed by atoms with Crippen LogP contribution in [0.5, 0.6) is 0 Å². The second kappa shape index (κ2) is 1.86. The van der Waals surface area contributed by atoms with E-state index in [0.717, 1.165) is 12.8 Å². The lowest BCUT2D eigenvalue weighted by Gasteiger charge is -2.19. The molecule has 0 radical (unpaired) electrons. The van der Waals surface area contributed by atoms with Crippen molar-refractivity contribution in [2.24, 2.45) is 5.41 Å². The van der Waals surface area contributed by atoms with Gasteiger partial charge in [-0.15, -0.1) is 0 Å². The average Bonchev–Trinajstić information content (AvgIpc) is 2.41. The summed E-state index contributed by atoms with van der Waals surface area (Å²) in [7, 11) is -3.03. The first-order valence-electron chi connectivity index (χ1n) is 3.74. The van der Waals surface area contributed by atoms with Crippen LogP contribution in [-0.2, 0) is 14.6 Å². The fourth-order valence-corrected chi connectivity index (χ4v) is 3.80. The van der Waals surface area contributed by atoms with Gasteiger partial charge in [-0.25, -0.2) is 8.42 Å². The second-order valence-corrected chi connectivity index (χ2v) is 5.81. The Hall–Kier alpha value is -0.380. The maximum atomic E-state index is 11.1. The van der Waals surface area contributed by atoms with E-state index in [0.29, 0.717) is 6.42 Å². The highest BCUT2D eigenvalue weighted by atomic mass is 32.2. The molecule has 0 aromatic heterocycles. The van der Waals surface area contributed by atoms with Crippen LogP contribution in [0.2, 0.25) is 0 Å². The molecule has 1 saturated carbocycles. The van der Waals surface area contributed by atoms with Crippen molar-refractivity contribution in [3.8, 4) is 0 Å². The molecule has 0 aromatic rings. The summed E-state index contributed by atoms with van der Waals surface area (Å²) in [6.45, 7) is 0. The molecule has 2 aliphatic rings.